The molecule has 0 saturated heterocycles. The summed E-state index contributed by atoms with van der Waals surface area (Å²) in [6, 6.07) is 7.31. The van der Waals surface area contributed by atoms with Crippen LogP contribution in [0.2, 0.25) is 0 Å². The van der Waals surface area contributed by atoms with Crippen LogP contribution in [0, 0.1) is 0 Å². The Kier molecular flexibility index (Phi) is 5.44. The molecule has 92 valence electrons. The van der Waals surface area contributed by atoms with E-state index in [4.69, 9.17) is 11.6 Å². The number of benzene rings is 1. The minimum absolute atomic E-state index is 0.0574. The van der Waals surface area contributed by atoms with Crippen LogP contribution in [0.3, 0.4) is 0 Å². The molecule has 0 saturated carbocycles. The Morgan fingerprint density at radius 2 is 1.94 bits per heavy atom. The molecule has 2 amide bonds. The molecule has 17 heavy (non-hydrogen) atoms. The lowest BCUT2D eigenvalue weighted by atomic mass is 10.3. The second-order valence-corrected chi connectivity index (χ2v) is 4.52. The number of rotatable bonds is 4. The number of hydrogen-bond donors (Lipinski definition) is 1. The fraction of sp³-hybridized carbons (Fsp3) is 0.273. The van der Waals surface area contributed by atoms with Gasteiger partial charge in [0.25, 0.3) is 0 Å². The predicted molar refractivity (Wildman–Crippen MR) is 71.3 cm³/mol. The Bertz CT molecular complexity index is 408. The van der Waals surface area contributed by atoms with Gasteiger partial charge in [0.2, 0.25) is 11.8 Å². The summed E-state index contributed by atoms with van der Waals surface area (Å²) in [6.07, 6.45) is 0. The molecule has 6 heteroatoms. The molecule has 1 N–H and O–H groups in total. The Morgan fingerprint density at radius 1 is 1.35 bits per heavy atom. The predicted octanol–water partition coefficient (Wildman–Crippen LogP) is 1.77. The maximum absolute atomic E-state index is 11.7. The van der Waals surface area contributed by atoms with E-state index in [1.54, 1.807) is 7.05 Å². The second-order valence-electron chi connectivity index (χ2n) is 3.34. The highest BCUT2D eigenvalue weighted by molar-refractivity contribution is 9.10. The standard InChI is InChI=1S/C11H12BrClN2O2/c1-15(9-4-2-8(12)3-5-9)11(17)7-14-10(16)6-13/h2-5H,6-7H2,1H3,(H,14,16). The van der Waals surface area contributed by atoms with E-state index >= 15 is 0 Å². The van der Waals surface area contributed by atoms with Crippen molar-refractivity contribution in [1.82, 2.24) is 5.32 Å². The third kappa shape index (κ3) is 4.36. The van der Waals surface area contributed by atoms with Crippen LogP contribution in [0.5, 0.6) is 0 Å². The molecule has 0 aliphatic rings. The molecule has 0 fully saturated rings. The molecule has 1 rings (SSSR count). The topological polar surface area (TPSA) is 49.4 Å². The molecule has 1 aromatic rings. The van der Waals surface area contributed by atoms with E-state index in [9.17, 15) is 9.59 Å². The summed E-state index contributed by atoms with van der Waals surface area (Å²) < 4.78 is 0.942. The van der Waals surface area contributed by atoms with Crippen molar-refractivity contribution in [3.8, 4) is 0 Å². The van der Waals surface area contributed by atoms with Crippen molar-refractivity contribution in [2.24, 2.45) is 0 Å². The molecule has 0 atom stereocenters. The van der Waals surface area contributed by atoms with Gasteiger partial charge in [-0.15, -0.1) is 11.6 Å². The summed E-state index contributed by atoms with van der Waals surface area (Å²) in [5, 5.41) is 2.42. The van der Waals surface area contributed by atoms with Crippen LogP contribution >= 0.6 is 27.5 Å². The number of nitrogens with zero attached hydrogens (tertiary/aromatic N) is 1. The molecule has 0 spiro atoms. The molecule has 0 heterocycles. The fourth-order valence-electron chi connectivity index (χ4n) is 1.15. The van der Waals surface area contributed by atoms with Crippen LogP contribution in [-0.2, 0) is 9.59 Å². The quantitative estimate of drug-likeness (QED) is 0.860. The Balaban J connectivity index is 2.57. The van der Waals surface area contributed by atoms with Gasteiger partial charge in [-0.05, 0) is 24.3 Å². The minimum Gasteiger partial charge on any atom is -0.346 e. The Labute approximate surface area is 113 Å². The van der Waals surface area contributed by atoms with Crippen molar-refractivity contribution in [3.63, 3.8) is 0 Å². The molecule has 0 radical (unpaired) electrons. The van der Waals surface area contributed by atoms with Gasteiger partial charge < -0.3 is 10.2 Å². The van der Waals surface area contributed by atoms with E-state index in [2.05, 4.69) is 21.2 Å². The van der Waals surface area contributed by atoms with Gasteiger partial charge in [0.15, 0.2) is 0 Å². The minimum atomic E-state index is -0.357. The highest BCUT2D eigenvalue weighted by atomic mass is 79.9. The van der Waals surface area contributed by atoms with Crippen molar-refractivity contribution in [3.05, 3.63) is 28.7 Å². The van der Waals surface area contributed by atoms with Gasteiger partial charge in [0.1, 0.15) is 5.88 Å². The summed E-state index contributed by atoms with van der Waals surface area (Å²) in [5.41, 5.74) is 0.762. The molecule has 0 aromatic heterocycles. The van der Waals surface area contributed by atoms with Crippen molar-refractivity contribution < 1.29 is 9.59 Å². The fourth-order valence-corrected chi connectivity index (χ4v) is 1.51. The van der Waals surface area contributed by atoms with Gasteiger partial charge in [-0.1, -0.05) is 15.9 Å². The first kappa shape index (κ1) is 14.0. The van der Waals surface area contributed by atoms with E-state index < -0.39 is 0 Å². The van der Waals surface area contributed by atoms with Gasteiger partial charge in [0, 0.05) is 17.2 Å². The number of anilines is 1. The first-order valence-corrected chi connectivity index (χ1v) is 6.22. The Hall–Kier alpha value is -1.07. The number of hydrogen-bond acceptors (Lipinski definition) is 2. The maximum atomic E-state index is 11.7. The van der Waals surface area contributed by atoms with E-state index in [-0.39, 0.29) is 24.2 Å². The summed E-state index contributed by atoms with van der Waals surface area (Å²) in [6.45, 7) is -0.0574. The third-order valence-corrected chi connectivity index (χ3v) is 2.92. The zero-order chi connectivity index (χ0) is 12.8. The zero-order valence-corrected chi connectivity index (χ0v) is 11.6. The summed E-state index contributed by atoms with van der Waals surface area (Å²) in [5.74, 6) is -0.704. The first-order chi connectivity index (χ1) is 8.04. The lowest BCUT2D eigenvalue weighted by Gasteiger charge is -2.17. The van der Waals surface area contributed by atoms with Gasteiger partial charge in [-0.2, -0.15) is 0 Å². The number of likely N-dealkylation sites (N-methyl/N-ethyl adjacent to an activating group) is 1. The molecule has 0 aliphatic carbocycles. The van der Waals surface area contributed by atoms with Crippen LogP contribution in [0.25, 0.3) is 0 Å². The highest BCUT2D eigenvalue weighted by Gasteiger charge is 2.11. The van der Waals surface area contributed by atoms with Crippen LogP contribution in [0.1, 0.15) is 0 Å². The lowest BCUT2D eigenvalue weighted by molar-refractivity contribution is -0.123. The van der Waals surface area contributed by atoms with Crippen molar-refractivity contribution in [1.29, 1.82) is 0 Å². The van der Waals surface area contributed by atoms with Gasteiger partial charge in [0.05, 0.1) is 6.54 Å². The average molecular weight is 320 g/mol. The average Bonchev–Trinajstić information content (AvgIpc) is 2.35. The largest absolute Gasteiger partial charge is 0.346 e. The normalized spacial score (nSPS) is 9.82. The monoisotopic (exact) mass is 318 g/mol. The smallest absolute Gasteiger partial charge is 0.246 e. The molecular weight excluding hydrogens is 307 g/mol. The van der Waals surface area contributed by atoms with E-state index in [0.29, 0.717) is 0 Å². The first-order valence-electron chi connectivity index (χ1n) is 4.89. The van der Waals surface area contributed by atoms with Gasteiger partial charge in [-0.3, -0.25) is 9.59 Å². The summed E-state index contributed by atoms with van der Waals surface area (Å²) >= 11 is 8.62. The zero-order valence-electron chi connectivity index (χ0n) is 9.24. The molecule has 0 unspecified atom stereocenters. The number of halogens is 2. The SMILES string of the molecule is CN(C(=O)CNC(=O)CCl)c1ccc(Br)cc1. The third-order valence-electron chi connectivity index (χ3n) is 2.15. The van der Waals surface area contributed by atoms with E-state index in [1.807, 2.05) is 24.3 Å². The van der Waals surface area contributed by atoms with Crippen molar-refractivity contribution in [2.75, 3.05) is 24.4 Å². The maximum Gasteiger partial charge on any atom is 0.246 e. The van der Waals surface area contributed by atoms with E-state index in [0.717, 1.165) is 10.2 Å². The molecular formula is C11H12BrClN2O2. The Morgan fingerprint density at radius 3 is 2.47 bits per heavy atom. The number of nitrogens with one attached hydrogen (secondary N) is 1. The molecule has 0 aliphatic heterocycles. The molecule has 0 bridgehead atoms. The number of amides is 2. The summed E-state index contributed by atoms with van der Waals surface area (Å²) in [7, 11) is 1.65. The van der Waals surface area contributed by atoms with E-state index in [1.165, 1.54) is 4.90 Å². The van der Waals surface area contributed by atoms with Crippen LogP contribution in [-0.4, -0.2) is 31.3 Å². The number of carbonyl (C=O) groups excluding carboxylic acids is 2. The second kappa shape index (κ2) is 6.61. The van der Waals surface area contributed by atoms with Gasteiger partial charge >= 0.3 is 0 Å². The molecule has 4 nitrogen and oxygen atoms in total. The van der Waals surface area contributed by atoms with Crippen LogP contribution in [0.4, 0.5) is 5.69 Å². The van der Waals surface area contributed by atoms with Crippen molar-refractivity contribution >= 4 is 45.0 Å². The lowest BCUT2D eigenvalue weighted by Crippen LogP contribution is -2.38. The molecule has 1 aromatic carbocycles. The van der Waals surface area contributed by atoms with Crippen LogP contribution in [0.15, 0.2) is 28.7 Å². The summed E-state index contributed by atoms with van der Waals surface area (Å²) in [4.78, 5) is 24.1. The highest BCUT2D eigenvalue weighted by Crippen LogP contribution is 2.17. The van der Waals surface area contributed by atoms with Gasteiger partial charge in [-0.25, -0.2) is 0 Å². The van der Waals surface area contributed by atoms with Crippen LogP contribution < -0.4 is 10.2 Å². The number of carbonyl (C=O) groups is 2. The van der Waals surface area contributed by atoms with Crippen molar-refractivity contribution in [2.45, 2.75) is 0 Å². The number of alkyl halides is 1.